The first-order valence-corrected chi connectivity index (χ1v) is 6.48. The second-order valence-corrected chi connectivity index (χ2v) is 3.51. The van der Waals surface area contributed by atoms with Gasteiger partial charge >= 0.3 is 16.5 Å². The third-order valence-corrected chi connectivity index (χ3v) is 1.86. The molecule has 0 radical (unpaired) electrons. The number of hydrogen-bond acceptors (Lipinski definition) is 11. The Morgan fingerprint density at radius 3 is 0.531 bits per heavy atom. The van der Waals surface area contributed by atoms with Gasteiger partial charge in [-0.2, -0.15) is 0 Å². The van der Waals surface area contributed by atoms with Crippen molar-refractivity contribution in [1.29, 1.82) is 0 Å². The van der Waals surface area contributed by atoms with Gasteiger partial charge in [-0.25, -0.2) is 0 Å². The van der Waals surface area contributed by atoms with E-state index in [1.54, 1.807) is 0 Å². The van der Waals surface area contributed by atoms with E-state index in [1.807, 2.05) is 0 Å². The van der Waals surface area contributed by atoms with Crippen LogP contribution in [0.1, 0.15) is 0 Å². The molecule has 21 nitrogen and oxygen atoms in total. The summed E-state index contributed by atoms with van der Waals surface area (Å²) in [5, 5.41) is 29.5. The van der Waals surface area contributed by atoms with Crippen LogP contribution in [0.3, 0.4) is 0 Å². The van der Waals surface area contributed by atoms with E-state index in [4.69, 9.17) is 54.3 Å². The van der Waals surface area contributed by atoms with Crippen molar-refractivity contribution in [2.24, 2.45) is 0 Å². The van der Waals surface area contributed by atoms with Gasteiger partial charge in [-0.1, -0.05) is 0 Å². The normalized spacial score (nSPS) is 12.8. The van der Waals surface area contributed by atoms with Gasteiger partial charge in [0.1, 0.15) is 0 Å². The standard InChI is InChI=1S/C10H20O5.2NO3.Ni.8H2O/c1-2-12-5-6-14-9-10-15-8-7-13-4-3-11-1;2*2-1(3)4;;;;;;;;;/h1-10H2;;;;8*1H2/q;2*-1;+2;;;;;;;;/p+6. The molecule has 0 amide bonds. The average Bonchev–Trinajstić information content (AvgIpc) is 2.44. The molecule has 210 valence electrons. The van der Waals surface area contributed by atoms with Crippen LogP contribution in [0.25, 0.3) is 0 Å². The largest absolute Gasteiger partial charge is 2.00 e. The third kappa shape index (κ3) is 119. The molecule has 0 aromatic heterocycles. The van der Waals surface area contributed by atoms with Crippen LogP contribution in [-0.4, -0.2) is 87.2 Å². The molecule has 1 fully saturated rings. The summed E-state index contributed by atoms with van der Waals surface area (Å²) in [6, 6.07) is 0. The van der Waals surface area contributed by atoms with E-state index in [1.165, 1.54) is 0 Å². The SMILES string of the molecule is C1COCCOCCOCCOCCO1.O.O.O=[N+]([O-])[O-].O=[N+]([O-])[O-].[Ni+2].[OH3+].[OH3+].[OH3+].[OH3+].[OH3+].[OH3+]. The fourth-order valence-corrected chi connectivity index (χ4v) is 1.10. The van der Waals surface area contributed by atoms with E-state index >= 15 is 0 Å². The van der Waals surface area contributed by atoms with Crippen molar-refractivity contribution < 1.29 is 94.2 Å². The van der Waals surface area contributed by atoms with Gasteiger partial charge in [0.15, 0.2) is 0 Å². The summed E-state index contributed by atoms with van der Waals surface area (Å²) in [5.41, 5.74) is 0. The van der Waals surface area contributed by atoms with Crippen molar-refractivity contribution in [3.63, 3.8) is 0 Å². The number of nitrogens with zero attached hydrogens (tertiary/aromatic N) is 2. The van der Waals surface area contributed by atoms with E-state index in [0.717, 1.165) is 0 Å². The molecule has 0 bridgehead atoms. The minimum atomic E-state index is -1.75. The molecule has 0 aromatic carbocycles. The molecule has 0 spiro atoms. The summed E-state index contributed by atoms with van der Waals surface area (Å²) in [6.45, 7) is 6.11. The summed E-state index contributed by atoms with van der Waals surface area (Å²) >= 11 is 0. The molecule has 0 saturated carbocycles. The van der Waals surface area contributed by atoms with Crippen LogP contribution in [0.15, 0.2) is 0 Å². The molecular formula is C10H42N2NiO19+6. The molecule has 1 aliphatic rings. The summed E-state index contributed by atoms with van der Waals surface area (Å²) in [4.78, 5) is 16.5. The third-order valence-electron chi connectivity index (χ3n) is 1.86. The zero-order valence-electron chi connectivity index (χ0n) is 17.2. The van der Waals surface area contributed by atoms with E-state index in [9.17, 15) is 0 Å². The predicted molar refractivity (Wildman–Crippen MR) is 111 cm³/mol. The predicted octanol–water partition coefficient (Wildman–Crippen LogP) is -7.58. The van der Waals surface area contributed by atoms with Crippen LogP contribution in [-0.2, 0) is 73.0 Å². The Morgan fingerprint density at radius 1 is 0.406 bits per heavy atom. The van der Waals surface area contributed by atoms with Gasteiger partial charge in [-0.05, 0) is 0 Å². The van der Waals surface area contributed by atoms with Gasteiger partial charge in [0.25, 0.3) is 0 Å². The monoisotopic (exact) mass is 552 g/mol. The number of rotatable bonds is 0. The molecule has 0 unspecified atom stereocenters. The molecule has 1 rings (SSSR count). The van der Waals surface area contributed by atoms with Crippen molar-refractivity contribution >= 4 is 0 Å². The maximum absolute atomic E-state index is 8.25. The first-order chi connectivity index (χ1) is 11.0. The second-order valence-electron chi connectivity index (χ2n) is 3.51. The Labute approximate surface area is 191 Å². The van der Waals surface area contributed by atoms with Crippen molar-refractivity contribution in [2.75, 3.05) is 66.1 Å². The van der Waals surface area contributed by atoms with Crippen LogP contribution >= 0.6 is 0 Å². The topological polar surface area (TPSA) is 440 Å². The first-order valence-electron chi connectivity index (χ1n) is 6.48. The fourth-order valence-electron chi connectivity index (χ4n) is 1.10. The Kier molecular flexibility index (Phi) is 137. The van der Waals surface area contributed by atoms with Crippen LogP contribution in [0.4, 0.5) is 0 Å². The van der Waals surface area contributed by atoms with Crippen LogP contribution in [0.5, 0.6) is 0 Å². The molecule has 0 aromatic rings. The molecular weight excluding hydrogens is 511 g/mol. The molecule has 32 heavy (non-hydrogen) atoms. The average molecular weight is 553 g/mol. The van der Waals surface area contributed by atoms with E-state index in [2.05, 4.69) is 0 Å². The molecule has 22 N–H and O–H groups in total. The van der Waals surface area contributed by atoms with Gasteiger partial charge in [-0.15, -0.1) is 0 Å². The van der Waals surface area contributed by atoms with Crippen molar-refractivity contribution in [2.45, 2.75) is 0 Å². The molecule has 0 aliphatic carbocycles. The Bertz CT molecular complexity index is 214. The number of ether oxygens (including phenoxy) is 5. The molecule has 1 saturated heterocycles. The van der Waals surface area contributed by atoms with Crippen molar-refractivity contribution in [3.05, 3.63) is 30.6 Å². The molecule has 1 aliphatic heterocycles. The summed E-state index contributed by atoms with van der Waals surface area (Å²) < 4.78 is 26.4. The van der Waals surface area contributed by atoms with Gasteiger partial charge in [0, 0.05) is 0 Å². The maximum atomic E-state index is 8.25. The van der Waals surface area contributed by atoms with E-state index < -0.39 is 10.2 Å². The van der Waals surface area contributed by atoms with E-state index in [0.29, 0.717) is 66.1 Å². The summed E-state index contributed by atoms with van der Waals surface area (Å²) in [5.74, 6) is 0. The van der Waals surface area contributed by atoms with Crippen molar-refractivity contribution in [3.8, 4) is 0 Å². The smallest absolute Gasteiger partial charge is 0.457 e. The Morgan fingerprint density at radius 2 is 0.469 bits per heavy atom. The van der Waals surface area contributed by atoms with Crippen LogP contribution in [0.2, 0.25) is 0 Å². The number of hydrogen-bond donors (Lipinski definition) is 0. The van der Waals surface area contributed by atoms with Gasteiger partial charge in [0.2, 0.25) is 0 Å². The minimum Gasteiger partial charge on any atom is -0.457 e. The quantitative estimate of drug-likeness (QED) is 0.117. The fraction of sp³-hybridized carbons (Fsp3) is 1.00. The van der Waals surface area contributed by atoms with E-state index in [-0.39, 0.29) is 60.3 Å². The van der Waals surface area contributed by atoms with Crippen LogP contribution in [0, 0.1) is 30.6 Å². The zero-order valence-corrected chi connectivity index (χ0v) is 18.2. The van der Waals surface area contributed by atoms with Crippen molar-refractivity contribution in [1.82, 2.24) is 0 Å². The van der Waals surface area contributed by atoms with Crippen LogP contribution < -0.4 is 0 Å². The maximum Gasteiger partial charge on any atom is 2.00 e. The first kappa shape index (κ1) is 69.8. The summed E-state index contributed by atoms with van der Waals surface area (Å²) in [6.07, 6.45) is 0. The Balaban J connectivity index is -0.0000000256. The van der Waals surface area contributed by atoms with Gasteiger partial charge in [-0.3, -0.25) is 0 Å². The second kappa shape index (κ2) is 63.0. The Hall–Kier alpha value is -1.63. The molecule has 0 atom stereocenters. The molecule has 1 heterocycles. The van der Waals surface area contributed by atoms with Gasteiger partial charge in [0.05, 0.1) is 76.2 Å². The summed E-state index contributed by atoms with van der Waals surface area (Å²) in [7, 11) is 0. The zero-order chi connectivity index (χ0) is 17.8. The molecule has 22 heteroatoms. The van der Waals surface area contributed by atoms with Gasteiger partial charge < -0.3 is 98.1 Å². The minimum absolute atomic E-state index is 0.